The molecular weight excluding hydrogens is 272 g/mol. The minimum atomic E-state index is -0.150. The summed E-state index contributed by atoms with van der Waals surface area (Å²) in [5.74, 6) is -0.223. The smallest absolute Gasteiger partial charge is 0.228 e. The molecule has 1 amide bonds. The lowest BCUT2D eigenvalue weighted by atomic mass is 10.1. The summed E-state index contributed by atoms with van der Waals surface area (Å²) in [5.41, 5.74) is 0.419. The predicted molar refractivity (Wildman–Crippen MR) is 67.5 cm³/mol. The maximum absolute atomic E-state index is 11.7. The molecule has 0 aliphatic carbocycles. The number of para-hydroxylation sites is 1. The Kier molecular flexibility index (Phi) is 4.76. The Bertz CT molecular complexity index is 382. The number of benzene rings is 1. The molecule has 0 spiro atoms. The van der Waals surface area contributed by atoms with Gasteiger partial charge in [-0.1, -0.05) is 13.0 Å². The number of aromatic hydroxyl groups is 1. The van der Waals surface area contributed by atoms with Crippen LogP contribution in [0.25, 0.3) is 0 Å². The highest BCUT2D eigenvalue weighted by atomic mass is 79.9. The molecule has 4 nitrogen and oxygen atoms in total. The summed E-state index contributed by atoms with van der Waals surface area (Å²) in [6.07, 6.45) is 0. The molecule has 0 aromatic heterocycles. The third-order valence-electron chi connectivity index (χ3n) is 2.20. The fraction of sp³-hybridized carbons (Fsp3) is 0.364. The van der Waals surface area contributed by atoms with Gasteiger partial charge in [0.15, 0.2) is 5.75 Å². The molecule has 0 fully saturated rings. The fourth-order valence-electron chi connectivity index (χ4n) is 1.27. The number of anilines is 1. The van der Waals surface area contributed by atoms with Gasteiger partial charge in [0.1, 0.15) is 0 Å². The van der Waals surface area contributed by atoms with E-state index < -0.39 is 0 Å². The van der Waals surface area contributed by atoms with Gasteiger partial charge in [0.2, 0.25) is 5.91 Å². The van der Waals surface area contributed by atoms with Gasteiger partial charge in [0.25, 0.3) is 0 Å². The van der Waals surface area contributed by atoms with Gasteiger partial charge in [0.05, 0.1) is 10.2 Å². The van der Waals surface area contributed by atoms with Crippen LogP contribution in [-0.2, 0) is 4.79 Å². The Morgan fingerprint density at radius 1 is 1.56 bits per heavy atom. The minimum Gasteiger partial charge on any atom is -0.505 e. The predicted octanol–water partition coefficient (Wildman–Crippen LogP) is 1.95. The van der Waals surface area contributed by atoms with Gasteiger partial charge in [0, 0.05) is 12.5 Å². The van der Waals surface area contributed by atoms with Crippen molar-refractivity contribution in [1.82, 2.24) is 5.32 Å². The standard InChI is InChI=1S/C11H15BrN2O2/c1-7(6-13-2)11(16)14-9-5-3-4-8(12)10(9)15/h3-5,7,13,15H,6H2,1-2H3,(H,14,16). The van der Waals surface area contributed by atoms with Gasteiger partial charge in [-0.05, 0) is 35.1 Å². The van der Waals surface area contributed by atoms with Crippen LogP contribution in [0.3, 0.4) is 0 Å². The van der Waals surface area contributed by atoms with E-state index in [0.29, 0.717) is 16.7 Å². The highest BCUT2D eigenvalue weighted by Gasteiger charge is 2.14. The van der Waals surface area contributed by atoms with Crippen molar-refractivity contribution in [1.29, 1.82) is 0 Å². The monoisotopic (exact) mass is 286 g/mol. The van der Waals surface area contributed by atoms with E-state index >= 15 is 0 Å². The number of amides is 1. The molecule has 0 bridgehead atoms. The van der Waals surface area contributed by atoms with Crippen molar-refractivity contribution in [2.45, 2.75) is 6.92 Å². The van der Waals surface area contributed by atoms with Crippen molar-refractivity contribution >= 4 is 27.5 Å². The van der Waals surface area contributed by atoms with Gasteiger partial charge >= 0.3 is 0 Å². The zero-order valence-corrected chi connectivity index (χ0v) is 10.8. The van der Waals surface area contributed by atoms with E-state index in [1.165, 1.54) is 0 Å². The van der Waals surface area contributed by atoms with Crippen molar-refractivity contribution in [3.8, 4) is 5.75 Å². The van der Waals surface area contributed by atoms with Crippen LogP contribution in [0.4, 0.5) is 5.69 Å². The van der Waals surface area contributed by atoms with Crippen LogP contribution in [0.5, 0.6) is 5.75 Å². The Morgan fingerprint density at radius 3 is 2.88 bits per heavy atom. The van der Waals surface area contributed by atoms with Crippen molar-refractivity contribution < 1.29 is 9.90 Å². The quantitative estimate of drug-likeness (QED) is 0.742. The number of hydrogen-bond donors (Lipinski definition) is 3. The van der Waals surface area contributed by atoms with Crippen molar-refractivity contribution in [3.63, 3.8) is 0 Å². The lowest BCUT2D eigenvalue weighted by molar-refractivity contribution is -0.119. The first-order valence-electron chi connectivity index (χ1n) is 4.99. The number of carbonyl (C=O) groups excluding carboxylic acids is 1. The van der Waals surface area contributed by atoms with Crippen LogP contribution in [-0.4, -0.2) is 24.6 Å². The number of hydrogen-bond acceptors (Lipinski definition) is 3. The molecule has 1 aromatic carbocycles. The van der Waals surface area contributed by atoms with E-state index in [9.17, 15) is 9.90 Å². The number of phenolic OH excluding ortho intramolecular Hbond substituents is 1. The molecule has 16 heavy (non-hydrogen) atoms. The summed E-state index contributed by atoms with van der Waals surface area (Å²) in [6.45, 7) is 2.42. The Morgan fingerprint density at radius 2 is 2.25 bits per heavy atom. The summed E-state index contributed by atoms with van der Waals surface area (Å²) in [7, 11) is 1.79. The molecular formula is C11H15BrN2O2. The van der Waals surface area contributed by atoms with Crippen molar-refractivity contribution in [2.75, 3.05) is 18.9 Å². The second-order valence-corrected chi connectivity index (χ2v) is 4.44. The Labute approximate surface area is 103 Å². The normalized spacial score (nSPS) is 12.2. The van der Waals surface area contributed by atoms with Gasteiger partial charge in [-0.15, -0.1) is 0 Å². The van der Waals surface area contributed by atoms with E-state index in [0.717, 1.165) is 0 Å². The number of carbonyl (C=O) groups is 1. The maximum Gasteiger partial charge on any atom is 0.228 e. The molecule has 1 rings (SSSR count). The van der Waals surface area contributed by atoms with E-state index in [-0.39, 0.29) is 17.6 Å². The maximum atomic E-state index is 11.7. The summed E-state index contributed by atoms with van der Waals surface area (Å²) in [4.78, 5) is 11.7. The van der Waals surface area contributed by atoms with Gasteiger partial charge < -0.3 is 15.7 Å². The van der Waals surface area contributed by atoms with E-state index in [4.69, 9.17) is 0 Å². The molecule has 0 radical (unpaired) electrons. The van der Waals surface area contributed by atoms with Crippen LogP contribution in [0.2, 0.25) is 0 Å². The summed E-state index contributed by atoms with van der Waals surface area (Å²) >= 11 is 3.19. The Balaban J connectivity index is 2.73. The molecule has 1 atom stereocenters. The number of nitrogens with one attached hydrogen (secondary N) is 2. The molecule has 88 valence electrons. The molecule has 0 saturated heterocycles. The largest absolute Gasteiger partial charge is 0.505 e. The van der Waals surface area contributed by atoms with Gasteiger partial charge in [-0.2, -0.15) is 0 Å². The van der Waals surface area contributed by atoms with E-state index in [1.807, 2.05) is 6.92 Å². The first-order chi connectivity index (χ1) is 7.56. The lowest BCUT2D eigenvalue weighted by Gasteiger charge is -2.12. The van der Waals surface area contributed by atoms with Crippen molar-refractivity contribution in [3.05, 3.63) is 22.7 Å². The van der Waals surface area contributed by atoms with Gasteiger partial charge in [-0.25, -0.2) is 0 Å². The highest BCUT2D eigenvalue weighted by Crippen LogP contribution is 2.31. The average Bonchev–Trinajstić information content (AvgIpc) is 2.25. The number of rotatable bonds is 4. The van der Waals surface area contributed by atoms with Crippen LogP contribution in [0.15, 0.2) is 22.7 Å². The average molecular weight is 287 g/mol. The molecule has 1 unspecified atom stereocenters. The molecule has 0 saturated carbocycles. The third kappa shape index (κ3) is 3.21. The molecule has 0 heterocycles. The summed E-state index contributed by atoms with van der Waals surface area (Å²) in [5, 5.41) is 15.3. The van der Waals surface area contributed by atoms with Crippen LogP contribution >= 0.6 is 15.9 Å². The van der Waals surface area contributed by atoms with Crippen molar-refractivity contribution in [2.24, 2.45) is 5.92 Å². The number of phenols is 1. The Hall–Kier alpha value is -1.07. The second-order valence-electron chi connectivity index (χ2n) is 3.58. The molecule has 1 aromatic rings. The summed E-state index contributed by atoms with van der Waals surface area (Å²) < 4.78 is 0.562. The zero-order chi connectivity index (χ0) is 12.1. The number of halogens is 1. The fourth-order valence-corrected chi connectivity index (χ4v) is 1.64. The molecule has 5 heteroatoms. The zero-order valence-electron chi connectivity index (χ0n) is 9.25. The van der Waals surface area contributed by atoms with E-state index in [1.54, 1.807) is 25.2 Å². The first kappa shape index (κ1) is 13.0. The van der Waals surface area contributed by atoms with E-state index in [2.05, 4.69) is 26.6 Å². The topological polar surface area (TPSA) is 61.4 Å². The molecule has 0 aliphatic heterocycles. The van der Waals surface area contributed by atoms with Crippen LogP contribution in [0.1, 0.15) is 6.92 Å². The van der Waals surface area contributed by atoms with Crippen LogP contribution < -0.4 is 10.6 Å². The molecule has 0 aliphatic rings. The highest BCUT2D eigenvalue weighted by molar-refractivity contribution is 9.10. The third-order valence-corrected chi connectivity index (χ3v) is 2.84. The van der Waals surface area contributed by atoms with Crippen LogP contribution in [0, 0.1) is 5.92 Å². The minimum absolute atomic E-state index is 0.0486. The SMILES string of the molecule is CNCC(C)C(=O)Nc1cccc(Br)c1O. The van der Waals surface area contributed by atoms with Gasteiger partial charge in [-0.3, -0.25) is 4.79 Å². The first-order valence-corrected chi connectivity index (χ1v) is 5.78. The lowest BCUT2D eigenvalue weighted by Crippen LogP contribution is -2.28. The second kappa shape index (κ2) is 5.86. The molecule has 3 N–H and O–H groups in total. The summed E-state index contributed by atoms with van der Waals surface area (Å²) in [6, 6.07) is 5.12.